The molecule has 2 aliphatic rings. The number of carbonyl (C=O) groups is 1. The third kappa shape index (κ3) is 3.05. The molecule has 102 valence electrons. The standard InChI is InChI=1S/C14H24N2O2/c1-14(2,3)18-13(17)16-12(8-15)11-7-9-4-5-10(11)6-9/h4-5,9-12H,6-8,15H2,1-3H3,(H,16,17). The fourth-order valence-corrected chi connectivity index (χ4v) is 3.09. The Morgan fingerprint density at radius 2 is 2.17 bits per heavy atom. The lowest BCUT2D eigenvalue weighted by Gasteiger charge is -2.29. The molecule has 0 radical (unpaired) electrons. The number of amides is 1. The molecule has 0 aromatic rings. The number of nitrogens with one attached hydrogen (secondary N) is 1. The van der Waals surface area contributed by atoms with Crippen molar-refractivity contribution < 1.29 is 9.53 Å². The van der Waals surface area contributed by atoms with Crippen LogP contribution in [0.15, 0.2) is 12.2 Å². The van der Waals surface area contributed by atoms with Gasteiger partial charge < -0.3 is 15.8 Å². The van der Waals surface area contributed by atoms with Gasteiger partial charge >= 0.3 is 6.09 Å². The Hall–Kier alpha value is -1.03. The predicted molar refractivity (Wildman–Crippen MR) is 71.1 cm³/mol. The van der Waals surface area contributed by atoms with Crippen LogP contribution < -0.4 is 11.1 Å². The number of nitrogens with two attached hydrogens (primary N) is 1. The van der Waals surface area contributed by atoms with E-state index >= 15 is 0 Å². The highest BCUT2D eigenvalue weighted by Gasteiger charge is 2.40. The van der Waals surface area contributed by atoms with Gasteiger partial charge in [-0.25, -0.2) is 4.79 Å². The smallest absolute Gasteiger partial charge is 0.407 e. The number of fused-ring (bicyclic) bond motifs is 2. The first-order valence-electron chi connectivity index (χ1n) is 6.77. The highest BCUT2D eigenvalue weighted by Crippen LogP contribution is 2.44. The van der Waals surface area contributed by atoms with Gasteiger partial charge in [-0.3, -0.25) is 0 Å². The molecule has 0 heterocycles. The summed E-state index contributed by atoms with van der Waals surface area (Å²) in [6.07, 6.45) is 6.57. The zero-order chi connectivity index (χ0) is 13.3. The normalized spacial score (nSPS) is 31.4. The van der Waals surface area contributed by atoms with Gasteiger partial charge in [0.05, 0.1) is 0 Å². The molecule has 4 heteroatoms. The second kappa shape index (κ2) is 4.92. The topological polar surface area (TPSA) is 64.3 Å². The van der Waals surface area contributed by atoms with Crippen LogP contribution in [-0.2, 0) is 4.74 Å². The minimum atomic E-state index is -0.461. The molecule has 0 aliphatic heterocycles. The Morgan fingerprint density at radius 3 is 2.61 bits per heavy atom. The summed E-state index contributed by atoms with van der Waals surface area (Å²) in [5.41, 5.74) is 5.34. The summed E-state index contributed by atoms with van der Waals surface area (Å²) in [5.74, 6) is 1.74. The summed E-state index contributed by atoms with van der Waals surface area (Å²) in [5, 5.41) is 2.93. The average Bonchev–Trinajstić information content (AvgIpc) is 2.84. The van der Waals surface area contributed by atoms with E-state index < -0.39 is 5.60 Å². The fourth-order valence-electron chi connectivity index (χ4n) is 3.09. The molecule has 1 saturated carbocycles. The number of rotatable bonds is 3. The summed E-state index contributed by atoms with van der Waals surface area (Å²) in [7, 11) is 0. The van der Waals surface area contributed by atoms with Crippen molar-refractivity contribution in [2.75, 3.05) is 6.54 Å². The van der Waals surface area contributed by atoms with Crippen LogP contribution in [0.5, 0.6) is 0 Å². The van der Waals surface area contributed by atoms with Crippen LogP contribution in [0.3, 0.4) is 0 Å². The lowest BCUT2D eigenvalue weighted by atomic mass is 9.87. The van der Waals surface area contributed by atoms with Crippen LogP contribution in [0.2, 0.25) is 0 Å². The Balaban J connectivity index is 1.90. The first-order chi connectivity index (χ1) is 8.39. The van der Waals surface area contributed by atoms with E-state index in [1.165, 1.54) is 6.42 Å². The van der Waals surface area contributed by atoms with E-state index in [-0.39, 0.29) is 12.1 Å². The van der Waals surface area contributed by atoms with Crippen LogP contribution in [0.25, 0.3) is 0 Å². The summed E-state index contributed by atoms with van der Waals surface area (Å²) in [6.45, 7) is 6.07. The molecule has 3 N–H and O–H groups in total. The van der Waals surface area contributed by atoms with Crippen molar-refractivity contribution in [1.29, 1.82) is 0 Å². The van der Waals surface area contributed by atoms with Gasteiger partial charge in [0, 0.05) is 12.6 Å². The molecule has 18 heavy (non-hydrogen) atoms. The van der Waals surface area contributed by atoms with Gasteiger partial charge in [-0.15, -0.1) is 0 Å². The molecule has 0 saturated heterocycles. The fraction of sp³-hybridized carbons (Fsp3) is 0.786. The summed E-state index contributed by atoms with van der Waals surface area (Å²) >= 11 is 0. The van der Waals surface area contributed by atoms with Crippen molar-refractivity contribution in [1.82, 2.24) is 5.32 Å². The average molecular weight is 252 g/mol. The Bertz CT molecular complexity index is 346. The molecule has 0 spiro atoms. The summed E-state index contributed by atoms with van der Waals surface area (Å²) < 4.78 is 5.29. The SMILES string of the molecule is CC(C)(C)OC(=O)NC(CN)C1CC2C=CC1C2. The third-order valence-electron chi connectivity index (χ3n) is 3.80. The molecule has 1 amide bonds. The summed E-state index contributed by atoms with van der Waals surface area (Å²) in [6, 6.07) is 0.0276. The zero-order valence-electron chi connectivity index (χ0n) is 11.5. The maximum absolute atomic E-state index is 11.8. The first-order valence-corrected chi connectivity index (χ1v) is 6.77. The molecule has 4 unspecified atom stereocenters. The molecular formula is C14H24N2O2. The van der Waals surface area contributed by atoms with Gasteiger partial charge in [-0.2, -0.15) is 0 Å². The van der Waals surface area contributed by atoms with Crippen LogP contribution in [0.4, 0.5) is 4.79 Å². The van der Waals surface area contributed by atoms with Gasteiger partial charge in [-0.05, 0) is 51.4 Å². The van der Waals surface area contributed by atoms with Crippen LogP contribution in [0.1, 0.15) is 33.6 Å². The lowest BCUT2D eigenvalue weighted by Crippen LogP contribution is -2.48. The second-order valence-electron chi connectivity index (χ2n) is 6.43. The van der Waals surface area contributed by atoms with Crippen LogP contribution in [0, 0.1) is 17.8 Å². The van der Waals surface area contributed by atoms with E-state index in [1.54, 1.807) is 0 Å². The van der Waals surface area contributed by atoms with E-state index in [0.717, 1.165) is 6.42 Å². The largest absolute Gasteiger partial charge is 0.444 e. The number of alkyl carbamates (subject to hydrolysis) is 1. The monoisotopic (exact) mass is 252 g/mol. The Morgan fingerprint density at radius 1 is 1.44 bits per heavy atom. The van der Waals surface area contributed by atoms with Crippen molar-refractivity contribution in [2.45, 2.75) is 45.3 Å². The van der Waals surface area contributed by atoms with Crippen molar-refractivity contribution in [2.24, 2.45) is 23.5 Å². The van der Waals surface area contributed by atoms with E-state index in [2.05, 4.69) is 17.5 Å². The second-order valence-corrected chi connectivity index (χ2v) is 6.43. The van der Waals surface area contributed by atoms with Crippen LogP contribution in [-0.4, -0.2) is 24.3 Å². The number of hydrogen-bond acceptors (Lipinski definition) is 3. The van der Waals surface area contributed by atoms with Crippen molar-refractivity contribution >= 4 is 6.09 Å². The van der Waals surface area contributed by atoms with E-state index in [9.17, 15) is 4.79 Å². The maximum Gasteiger partial charge on any atom is 0.407 e. The van der Waals surface area contributed by atoms with Gasteiger partial charge in [0.25, 0.3) is 0 Å². The van der Waals surface area contributed by atoms with E-state index in [4.69, 9.17) is 10.5 Å². The predicted octanol–water partition coefficient (Wildman–Crippen LogP) is 2.05. The molecule has 1 fully saturated rings. The van der Waals surface area contributed by atoms with Crippen LogP contribution >= 0.6 is 0 Å². The van der Waals surface area contributed by atoms with Gasteiger partial charge in [0.15, 0.2) is 0 Å². The minimum absolute atomic E-state index is 0.0276. The highest BCUT2D eigenvalue weighted by atomic mass is 16.6. The molecule has 0 aromatic carbocycles. The molecule has 2 aliphatic carbocycles. The molecular weight excluding hydrogens is 228 g/mol. The first kappa shape index (κ1) is 13.4. The van der Waals surface area contributed by atoms with Gasteiger partial charge in [-0.1, -0.05) is 12.2 Å². The number of carbonyl (C=O) groups excluding carboxylic acids is 1. The van der Waals surface area contributed by atoms with Gasteiger partial charge in [0.2, 0.25) is 0 Å². The van der Waals surface area contributed by atoms with E-state index in [1.807, 2.05) is 20.8 Å². The van der Waals surface area contributed by atoms with E-state index in [0.29, 0.717) is 24.3 Å². The maximum atomic E-state index is 11.8. The molecule has 0 aromatic heterocycles. The molecule has 4 nitrogen and oxygen atoms in total. The molecule has 4 atom stereocenters. The number of hydrogen-bond donors (Lipinski definition) is 2. The number of allylic oxidation sites excluding steroid dienone is 2. The lowest BCUT2D eigenvalue weighted by molar-refractivity contribution is 0.0483. The molecule has 2 rings (SSSR count). The van der Waals surface area contributed by atoms with Crippen molar-refractivity contribution in [3.8, 4) is 0 Å². The number of ether oxygens (including phenoxy) is 1. The van der Waals surface area contributed by atoms with Crippen molar-refractivity contribution in [3.63, 3.8) is 0 Å². The highest BCUT2D eigenvalue weighted by molar-refractivity contribution is 5.68. The molecule has 2 bridgehead atoms. The third-order valence-corrected chi connectivity index (χ3v) is 3.80. The minimum Gasteiger partial charge on any atom is -0.444 e. The Labute approximate surface area is 109 Å². The Kier molecular flexibility index (Phi) is 3.66. The quantitative estimate of drug-likeness (QED) is 0.756. The van der Waals surface area contributed by atoms with Gasteiger partial charge in [0.1, 0.15) is 5.60 Å². The zero-order valence-corrected chi connectivity index (χ0v) is 11.5. The summed E-state index contributed by atoms with van der Waals surface area (Å²) in [4.78, 5) is 11.8. The van der Waals surface area contributed by atoms with Crippen molar-refractivity contribution in [3.05, 3.63) is 12.2 Å².